The van der Waals surface area contributed by atoms with Gasteiger partial charge in [0.15, 0.2) is 18.2 Å². The minimum Gasteiger partial charge on any atom is -0.490 e. The van der Waals surface area contributed by atoms with Gasteiger partial charge in [-0.15, -0.1) is 5.11 Å². The predicted molar refractivity (Wildman–Crippen MR) is 264 cm³/mol. The van der Waals surface area contributed by atoms with E-state index in [0.29, 0.717) is 36.3 Å². The zero-order valence-electron chi connectivity index (χ0n) is 45.4. The van der Waals surface area contributed by atoms with Gasteiger partial charge in [-0.3, -0.25) is 4.79 Å². The number of halogens is 17. The van der Waals surface area contributed by atoms with Gasteiger partial charge >= 0.3 is 47.7 Å². The molecule has 2 aromatic rings. The normalized spacial score (nSPS) is 25.5. The van der Waals surface area contributed by atoms with Crippen molar-refractivity contribution in [2.45, 2.75) is 204 Å². The van der Waals surface area contributed by atoms with Crippen molar-refractivity contribution in [2.24, 2.45) is 56.6 Å². The molecule has 23 heteroatoms. The molecule has 452 valence electrons. The fourth-order valence-electron chi connectivity index (χ4n) is 13.1. The number of carbonyl (C=O) groups excluding carboxylic acids is 1. The second kappa shape index (κ2) is 24.9. The summed E-state index contributed by atoms with van der Waals surface area (Å²) in [6.07, 6.45) is 13.8. The zero-order chi connectivity index (χ0) is 59.5. The summed E-state index contributed by atoms with van der Waals surface area (Å²) < 4.78 is 247. The number of alkyl halides is 15. The van der Waals surface area contributed by atoms with E-state index in [4.69, 9.17) is 9.47 Å². The Labute approximate surface area is 455 Å². The number of hydrogen-bond acceptors (Lipinski definition) is 6. The Morgan fingerprint density at radius 1 is 0.637 bits per heavy atom. The molecule has 0 N–H and O–H groups in total. The molecule has 4 aliphatic carbocycles. The van der Waals surface area contributed by atoms with E-state index in [0.717, 1.165) is 118 Å². The van der Waals surface area contributed by atoms with Crippen molar-refractivity contribution in [3.05, 3.63) is 59.7 Å². The van der Waals surface area contributed by atoms with Gasteiger partial charge in [0.1, 0.15) is 17.5 Å². The highest BCUT2D eigenvalue weighted by atomic mass is 19.4. The number of benzene rings is 2. The van der Waals surface area contributed by atoms with Crippen LogP contribution in [0.1, 0.15) is 157 Å². The van der Waals surface area contributed by atoms with E-state index >= 15 is 0 Å². The lowest BCUT2D eigenvalue weighted by molar-refractivity contribution is -0.453. The van der Waals surface area contributed by atoms with Crippen LogP contribution in [0.25, 0.3) is 0 Å². The third-order valence-corrected chi connectivity index (χ3v) is 17.8. The monoisotopic (exact) mass is 1170 g/mol. The number of carbonyl (C=O) groups is 1. The van der Waals surface area contributed by atoms with E-state index in [-0.39, 0.29) is 29.8 Å². The van der Waals surface area contributed by atoms with Gasteiger partial charge in [0.25, 0.3) is 0 Å². The Hall–Kier alpha value is -4.34. The molecule has 0 bridgehead atoms. The number of esters is 1. The van der Waals surface area contributed by atoms with Crippen LogP contribution in [0.2, 0.25) is 0 Å². The van der Waals surface area contributed by atoms with Gasteiger partial charge in [0.2, 0.25) is 5.82 Å². The predicted octanol–water partition coefficient (Wildman–Crippen LogP) is 19.6. The maximum absolute atomic E-state index is 14.8. The average Bonchev–Trinajstić information content (AvgIpc) is 3.75. The summed E-state index contributed by atoms with van der Waals surface area (Å²) in [5.74, 6) is -47.3. The number of rotatable bonds is 27. The van der Waals surface area contributed by atoms with Gasteiger partial charge in [0.05, 0.1) is 12.3 Å². The molecule has 4 aliphatic rings. The van der Waals surface area contributed by atoms with Gasteiger partial charge in [0, 0.05) is 12.8 Å². The highest BCUT2D eigenvalue weighted by Gasteiger charge is 2.93. The summed E-state index contributed by atoms with van der Waals surface area (Å²) in [6, 6.07) is 4.81. The Morgan fingerprint density at radius 3 is 1.89 bits per heavy atom. The quantitative estimate of drug-likeness (QED) is 0.0294. The molecule has 0 aromatic heterocycles. The van der Waals surface area contributed by atoms with Crippen LogP contribution >= 0.6 is 0 Å². The molecule has 6 nitrogen and oxygen atoms in total. The van der Waals surface area contributed by atoms with Crippen LogP contribution in [0.3, 0.4) is 0 Å². The van der Waals surface area contributed by atoms with Crippen molar-refractivity contribution in [2.75, 3.05) is 13.2 Å². The van der Waals surface area contributed by atoms with Crippen LogP contribution in [0, 0.1) is 58.0 Å². The summed E-state index contributed by atoms with van der Waals surface area (Å²) >= 11 is 0. The zero-order valence-corrected chi connectivity index (χ0v) is 45.4. The van der Waals surface area contributed by atoms with E-state index in [1.54, 1.807) is 0 Å². The molecular formula is C57H71F17N2O4. The second-order valence-electron chi connectivity index (χ2n) is 23.5. The van der Waals surface area contributed by atoms with E-state index in [9.17, 15) is 79.4 Å². The van der Waals surface area contributed by atoms with Gasteiger partial charge < -0.3 is 14.2 Å². The molecule has 0 amide bonds. The van der Waals surface area contributed by atoms with Crippen LogP contribution in [0.4, 0.5) is 86.0 Å². The lowest BCUT2D eigenvalue weighted by atomic mass is 9.47. The smallest absolute Gasteiger partial charge is 0.460 e. The largest absolute Gasteiger partial charge is 0.490 e. The van der Waals surface area contributed by atoms with Crippen molar-refractivity contribution in [1.29, 1.82) is 0 Å². The first kappa shape index (κ1) is 64.8. The summed E-state index contributed by atoms with van der Waals surface area (Å²) in [6.45, 7) is 9.26. The SMILES string of the molecule is CC(C)CCC[C@@H](C)[C@H]1CC[C@H]2[C@@H]3CC=C4C[C@@H](OC(=O)CCCCCCCCCOc5ccc(N=Nc6ccc(OCC(F)(F)C(F)(F)C(F)(F)C(F)(F)C(F)(F)C(F)(F)C(F)(F)F)cc6)c(F)c5F)CC[C@]4(C)[C@H]3CC[C@]12C. The van der Waals surface area contributed by atoms with Crippen molar-refractivity contribution in [3.8, 4) is 11.5 Å². The van der Waals surface area contributed by atoms with Gasteiger partial charge in [-0.1, -0.05) is 97.6 Å². The summed E-state index contributed by atoms with van der Waals surface area (Å²) in [5, 5.41) is 7.04. The van der Waals surface area contributed by atoms with Gasteiger partial charge in [-0.05, 0) is 141 Å². The summed E-state index contributed by atoms with van der Waals surface area (Å²) in [7, 11) is 0. The number of unbranched alkanes of at least 4 members (excludes halogenated alkanes) is 6. The van der Waals surface area contributed by atoms with Crippen LogP contribution in [-0.4, -0.2) is 67.0 Å². The van der Waals surface area contributed by atoms with E-state index in [2.05, 4.69) is 55.7 Å². The fraction of sp³-hybridized carbons (Fsp3) is 0.737. The van der Waals surface area contributed by atoms with Crippen molar-refractivity contribution in [1.82, 2.24) is 0 Å². The van der Waals surface area contributed by atoms with Crippen molar-refractivity contribution >= 4 is 17.3 Å². The molecule has 3 fully saturated rings. The topological polar surface area (TPSA) is 69.5 Å². The fourth-order valence-corrected chi connectivity index (χ4v) is 13.1. The maximum atomic E-state index is 14.8. The van der Waals surface area contributed by atoms with Crippen LogP contribution in [0.5, 0.6) is 11.5 Å². The highest BCUT2D eigenvalue weighted by Crippen LogP contribution is 2.68. The number of fused-ring (bicyclic) bond motifs is 5. The molecule has 0 unspecified atom stereocenters. The molecule has 0 aliphatic heterocycles. The number of nitrogens with zero attached hydrogens (tertiary/aromatic N) is 2. The summed E-state index contributed by atoms with van der Waals surface area (Å²) in [4.78, 5) is 12.9. The molecule has 6 rings (SSSR count). The molecule has 0 heterocycles. The van der Waals surface area contributed by atoms with Crippen LogP contribution in [-0.2, 0) is 9.53 Å². The minimum absolute atomic E-state index is 0.0454. The first-order valence-electron chi connectivity index (χ1n) is 27.6. The number of hydrogen-bond donors (Lipinski definition) is 0. The molecular weight excluding hydrogens is 1100 g/mol. The molecule has 0 radical (unpaired) electrons. The Kier molecular flexibility index (Phi) is 20.1. The highest BCUT2D eigenvalue weighted by molar-refractivity contribution is 5.69. The molecule has 8 atom stereocenters. The number of allylic oxidation sites excluding steroid dienone is 1. The van der Waals surface area contributed by atoms with E-state index in [1.165, 1.54) is 50.5 Å². The number of ether oxygens (including phenoxy) is 3. The van der Waals surface area contributed by atoms with Crippen molar-refractivity contribution < 1.29 is 93.6 Å². The summed E-state index contributed by atoms with van der Waals surface area (Å²) in [5.41, 5.74) is 1.15. The van der Waals surface area contributed by atoms with E-state index < -0.39 is 77.1 Å². The Bertz CT molecular complexity index is 2470. The third kappa shape index (κ3) is 13.0. The molecule has 80 heavy (non-hydrogen) atoms. The van der Waals surface area contributed by atoms with E-state index in [1.807, 2.05) is 0 Å². The van der Waals surface area contributed by atoms with Crippen molar-refractivity contribution in [3.63, 3.8) is 0 Å². The number of azo groups is 1. The molecule has 0 spiro atoms. The molecule has 2 aromatic carbocycles. The van der Waals surface area contributed by atoms with Gasteiger partial charge in [-0.2, -0.15) is 75.4 Å². The lowest BCUT2D eigenvalue weighted by Crippen LogP contribution is -2.73. The third-order valence-electron chi connectivity index (χ3n) is 17.8. The first-order valence-corrected chi connectivity index (χ1v) is 27.6. The lowest BCUT2D eigenvalue weighted by Gasteiger charge is -2.58. The average molecular weight is 1170 g/mol. The molecule has 3 saturated carbocycles. The first-order chi connectivity index (χ1) is 37.1. The van der Waals surface area contributed by atoms with Crippen LogP contribution < -0.4 is 9.47 Å². The second-order valence-corrected chi connectivity index (χ2v) is 23.5. The Morgan fingerprint density at radius 2 is 1.25 bits per heavy atom. The Balaban J connectivity index is 0.855. The molecule has 0 saturated heterocycles. The standard InChI is InChI=1S/C57H71F17N2O4/c1-34(2)14-13-15-35(3)41-23-24-42-40-22-17-36-32-39(27-29-49(36,4)43(40)28-30-50(41,42)5)80-46(77)16-11-9-7-6-8-10-12-31-78-45-26-25-44(47(58)48(45)59)76-75-37-18-20-38(21-19-37)79-33-51(60,61)52(62,63)53(64,65)54(66,67)55(68,69)56(70,71)57(72,73)74/h17-21,25-26,34-35,39-43H,6-16,22-24,27-33H2,1-5H3/t35-,39+,40+,41-,42+,43+,49+,50-/m1/s1. The maximum Gasteiger partial charge on any atom is 0.460 e. The van der Waals surface area contributed by atoms with Gasteiger partial charge in [-0.25, -0.2) is 4.39 Å². The minimum atomic E-state index is -8.42. The van der Waals surface area contributed by atoms with Crippen LogP contribution in [0.15, 0.2) is 58.3 Å².